The Morgan fingerprint density at radius 3 is 2.38 bits per heavy atom. The van der Waals surface area contributed by atoms with Gasteiger partial charge in [-0.15, -0.1) is 0 Å². The van der Waals surface area contributed by atoms with E-state index in [1.54, 1.807) is 0 Å². The summed E-state index contributed by atoms with van der Waals surface area (Å²) in [5.74, 6) is 0. The molecule has 0 atom stereocenters. The van der Waals surface area contributed by atoms with Crippen LogP contribution in [0, 0.1) is 3.57 Å². The first-order valence-electron chi connectivity index (χ1n) is 8.28. The van der Waals surface area contributed by atoms with Crippen LogP contribution in [-0.4, -0.2) is 30.1 Å². The third kappa shape index (κ3) is 5.21. The van der Waals surface area contributed by atoms with E-state index in [1.807, 2.05) is 30.3 Å². The fourth-order valence-corrected chi connectivity index (χ4v) is 3.32. The normalized spacial score (nSPS) is 15.9. The smallest absolute Gasteiger partial charge is 0.319 e. The number of nitrogens with zero attached hydrogens (tertiary/aromatic N) is 1. The minimum atomic E-state index is -0.113. The Morgan fingerprint density at radius 2 is 1.71 bits per heavy atom. The Labute approximate surface area is 156 Å². The van der Waals surface area contributed by atoms with Gasteiger partial charge in [0, 0.05) is 34.9 Å². The van der Waals surface area contributed by atoms with Gasteiger partial charge in [-0.2, -0.15) is 0 Å². The number of hydrogen-bond acceptors (Lipinski definition) is 2. The number of carbonyl (C=O) groups is 1. The van der Waals surface area contributed by atoms with E-state index in [1.165, 1.54) is 5.56 Å². The van der Waals surface area contributed by atoms with E-state index < -0.39 is 0 Å². The molecule has 0 aliphatic carbocycles. The number of carbonyl (C=O) groups excluding carboxylic acids is 1. The lowest BCUT2D eigenvalue weighted by molar-refractivity contribution is 0.190. The second-order valence-corrected chi connectivity index (χ2v) is 7.39. The van der Waals surface area contributed by atoms with Crippen LogP contribution in [0.5, 0.6) is 0 Å². The van der Waals surface area contributed by atoms with Crippen LogP contribution in [0.15, 0.2) is 54.6 Å². The third-order valence-corrected chi connectivity index (χ3v) is 4.99. The molecule has 2 amide bonds. The van der Waals surface area contributed by atoms with Gasteiger partial charge in [0.05, 0.1) is 0 Å². The number of hydrogen-bond donors (Lipinski definition) is 2. The molecule has 2 aromatic rings. The number of rotatable bonds is 4. The standard InChI is InChI=1S/C19H22IN3O/c20-16-6-8-17(9-7-16)21-19(24)22-18-10-12-23(13-11-18)14-15-4-2-1-3-5-15/h1-9,18H,10-14H2,(H2,21,22,24). The average molecular weight is 435 g/mol. The molecular weight excluding hydrogens is 413 g/mol. The van der Waals surface area contributed by atoms with Crippen molar-refractivity contribution in [1.29, 1.82) is 0 Å². The van der Waals surface area contributed by atoms with Crippen LogP contribution in [0.2, 0.25) is 0 Å². The van der Waals surface area contributed by atoms with Crippen molar-refractivity contribution in [3.63, 3.8) is 0 Å². The molecule has 3 rings (SSSR count). The second-order valence-electron chi connectivity index (χ2n) is 6.14. The lowest BCUT2D eigenvalue weighted by Crippen LogP contribution is -2.45. The molecule has 1 aliphatic heterocycles. The average Bonchev–Trinajstić information content (AvgIpc) is 2.60. The number of likely N-dealkylation sites (tertiary alicyclic amines) is 1. The van der Waals surface area contributed by atoms with Crippen LogP contribution in [0.3, 0.4) is 0 Å². The van der Waals surface area contributed by atoms with Crippen LogP contribution in [0.25, 0.3) is 0 Å². The SMILES string of the molecule is O=C(Nc1ccc(I)cc1)NC1CCN(Cc2ccccc2)CC1. The molecule has 1 aliphatic rings. The molecule has 0 saturated carbocycles. The first kappa shape index (κ1) is 17.2. The number of piperidine rings is 1. The first-order chi connectivity index (χ1) is 11.7. The van der Waals surface area contributed by atoms with Crippen molar-refractivity contribution in [1.82, 2.24) is 10.2 Å². The Balaban J connectivity index is 1.41. The summed E-state index contributed by atoms with van der Waals surface area (Å²) in [4.78, 5) is 14.5. The van der Waals surface area contributed by atoms with Crippen molar-refractivity contribution in [2.75, 3.05) is 18.4 Å². The second kappa shape index (κ2) is 8.48. The van der Waals surface area contributed by atoms with Crippen LogP contribution in [0.1, 0.15) is 18.4 Å². The predicted molar refractivity (Wildman–Crippen MR) is 106 cm³/mol. The maximum Gasteiger partial charge on any atom is 0.319 e. The topological polar surface area (TPSA) is 44.4 Å². The van der Waals surface area contributed by atoms with E-state index in [0.29, 0.717) is 0 Å². The fourth-order valence-electron chi connectivity index (χ4n) is 2.96. The van der Waals surface area contributed by atoms with Crippen LogP contribution >= 0.6 is 22.6 Å². The highest BCUT2D eigenvalue weighted by atomic mass is 127. The molecule has 0 aromatic heterocycles. The maximum atomic E-state index is 12.1. The van der Waals surface area contributed by atoms with Gasteiger partial charge in [-0.25, -0.2) is 4.79 Å². The summed E-state index contributed by atoms with van der Waals surface area (Å²) in [7, 11) is 0. The molecule has 1 fully saturated rings. The highest BCUT2D eigenvalue weighted by Gasteiger charge is 2.20. The number of benzene rings is 2. The molecule has 1 saturated heterocycles. The van der Waals surface area contributed by atoms with Gasteiger partial charge in [-0.3, -0.25) is 4.90 Å². The number of nitrogens with one attached hydrogen (secondary N) is 2. The zero-order valence-electron chi connectivity index (χ0n) is 13.5. The molecule has 0 unspecified atom stereocenters. The monoisotopic (exact) mass is 435 g/mol. The largest absolute Gasteiger partial charge is 0.335 e. The van der Waals surface area contributed by atoms with E-state index in [2.05, 4.69) is 62.4 Å². The van der Waals surface area contributed by atoms with Crippen molar-refractivity contribution in [3.05, 3.63) is 63.7 Å². The Bertz CT molecular complexity index is 652. The summed E-state index contributed by atoms with van der Waals surface area (Å²) in [5, 5.41) is 5.99. The molecule has 0 spiro atoms. The van der Waals surface area contributed by atoms with E-state index in [9.17, 15) is 4.79 Å². The lowest BCUT2D eigenvalue weighted by Gasteiger charge is -2.32. The van der Waals surface area contributed by atoms with E-state index in [-0.39, 0.29) is 12.1 Å². The number of amides is 2. The Kier molecular flexibility index (Phi) is 6.09. The number of anilines is 1. The zero-order valence-corrected chi connectivity index (χ0v) is 15.7. The lowest BCUT2D eigenvalue weighted by atomic mass is 10.0. The molecule has 4 nitrogen and oxygen atoms in total. The number of urea groups is 1. The van der Waals surface area contributed by atoms with Crippen molar-refractivity contribution in [3.8, 4) is 0 Å². The minimum Gasteiger partial charge on any atom is -0.335 e. The first-order valence-corrected chi connectivity index (χ1v) is 9.36. The molecule has 2 N–H and O–H groups in total. The van der Waals surface area contributed by atoms with Gasteiger partial charge in [0.25, 0.3) is 0 Å². The number of halogens is 1. The third-order valence-electron chi connectivity index (χ3n) is 4.27. The molecular formula is C19H22IN3O. The van der Waals surface area contributed by atoms with Crippen LogP contribution in [-0.2, 0) is 6.54 Å². The van der Waals surface area contributed by atoms with Gasteiger partial charge < -0.3 is 10.6 Å². The Morgan fingerprint density at radius 1 is 1.04 bits per heavy atom. The van der Waals surface area contributed by atoms with Gasteiger partial charge in [0.1, 0.15) is 0 Å². The zero-order chi connectivity index (χ0) is 16.8. The van der Waals surface area contributed by atoms with Gasteiger partial charge in [0.15, 0.2) is 0 Å². The van der Waals surface area contributed by atoms with Crippen molar-refractivity contribution >= 4 is 34.3 Å². The molecule has 1 heterocycles. The summed E-state index contributed by atoms with van der Waals surface area (Å²) in [6.45, 7) is 3.02. The highest BCUT2D eigenvalue weighted by molar-refractivity contribution is 14.1. The quantitative estimate of drug-likeness (QED) is 0.712. The van der Waals surface area contributed by atoms with E-state index in [0.717, 1.165) is 41.7 Å². The van der Waals surface area contributed by atoms with Crippen molar-refractivity contribution in [2.45, 2.75) is 25.4 Å². The van der Waals surface area contributed by atoms with Gasteiger partial charge in [0.2, 0.25) is 0 Å². The molecule has 126 valence electrons. The summed E-state index contributed by atoms with van der Waals surface area (Å²) >= 11 is 2.25. The van der Waals surface area contributed by atoms with Gasteiger partial charge in [-0.05, 0) is 65.3 Å². The summed E-state index contributed by atoms with van der Waals surface area (Å²) in [5.41, 5.74) is 2.18. The summed E-state index contributed by atoms with van der Waals surface area (Å²) < 4.78 is 1.16. The van der Waals surface area contributed by atoms with Crippen molar-refractivity contribution in [2.24, 2.45) is 0 Å². The highest BCUT2D eigenvalue weighted by Crippen LogP contribution is 2.15. The molecule has 0 bridgehead atoms. The van der Waals surface area contributed by atoms with Crippen LogP contribution < -0.4 is 10.6 Å². The summed E-state index contributed by atoms with van der Waals surface area (Å²) in [6, 6.07) is 18.5. The molecule has 5 heteroatoms. The van der Waals surface area contributed by atoms with Gasteiger partial charge >= 0.3 is 6.03 Å². The van der Waals surface area contributed by atoms with Gasteiger partial charge in [-0.1, -0.05) is 30.3 Å². The maximum absolute atomic E-state index is 12.1. The molecule has 0 radical (unpaired) electrons. The Hall–Kier alpha value is -1.60. The summed E-state index contributed by atoms with van der Waals surface area (Å²) in [6.07, 6.45) is 1.99. The fraction of sp³-hybridized carbons (Fsp3) is 0.316. The van der Waals surface area contributed by atoms with Crippen molar-refractivity contribution < 1.29 is 4.79 Å². The molecule has 24 heavy (non-hydrogen) atoms. The predicted octanol–water partition coefficient (Wildman–Crippen LogP) is 4.08. The molecule has 2 aromatic carbocycles. The van der Waals surface area contributed by atoms with E-state index >= 15 is 0 Å². The van der Waals surface area contributed by atoms with E-state index in [4.69, 9.17) is 0 Å². The van der Waals surface area contributed by atoms with Crippen LogP contribution in [0.4, 0.5) is 10.5 Å². The minimum absolute atomic E-state index is 0.113.